The number of anilines is 1. The van der Waals surface area contributed by atoms with Crippen molar-refractivity contribution < 1.29 is 4.74 Å². The summed E-state index contributed by atoms with van der Waals surface area (Å²) in [5.41, 5.74) is 3.28. The summed E-state index contributed by atoms with van der Waals surface area (Å²) in [5.74, 6) is 2.35. The predicted octanol–water partition coefficient (Wildman–Crippen LogP) is 5.52. The molecule has 3 aromatic heterocycles. The van der Waals surface area contributed by atoms with Gasteiger partial charge in [-0.2, -0.15) is 0 Å². The van der Waals surface area contributed by atoms with Crippen LogP contribution in [0.1, 0.15) is 5.56 Å². The molecule has 5 heteroatoms. The molecule has 0 saturated carbocycles. The zero-order valence-corrected chi connectivity index (χ0v) is 15.1. The van der Waals surface area contributed by atoms with E-state index in [0.29, 0.717) is 6.54 Å². The quantitative estimate of drug-likeness (QED) is 0.430. The molecule has 136 valence electrons. The first-order valence-corrected chi connectivity index (χ1v) is 9.12. The van der Waals surface area contributed by atoms with Gasteiger partial charge in [0, 0.05) is 29.0 Å². The lowest BCUT2D eigenvalue weighted by molar-refractivity contribution is 0.479. The second-order valence-electron chi connectivity index (χ2n) is 6.58. The SMILES string of the molecule is c1cncc(Oc2cccc(CNc3cc4c(cn3)[nH]c3ccccc34)c2)c1. The largest absolute Gasteiger partial charge is 0.456 e. The third kappa shape index (κ3) is 3.25. The molecule has 0 unspecified atom stereocenters. The van der Waals surface area contributed by atoms with Crippen LogP contribution in [-0.4, -0.2) is 15.0 Å². The molecule has 0 bridgehead atoms. The summed E-state index contributed by atoms with van der Waals surface area (Å²) in [6, 6.07) is 22.1. The van der Waals surface area contributed by atoms with E-state index < -0.39 is 0 Å². The molecule has 0 amide bonds. The van der Waals surface area contributed by atoms with Gasteiger partial charge in [0.1, 0.15) is 17.3 Å². The molecule has 0 aliphatic carbocycles. The number of ether oxygens (including phenoxy) is 1. The number of para-hydroxylation sites is 1. The van der Waals surface area contributed by atoms with E-state index in [0.717, 1.165) is 33.9 Å². The summed E-state index contributed by atoms with van der Waals surface area (Å²) in [7, 11) is 0. The summed E-state index contributed by atoms with van der Waals surface area (Å²) < 4.78 is 5.86. The topological polar surface area (TPSA) is 62.8 Å². The van der Waals surface area contributed by atoms with E-state index in [-0.39, 0.29) is 0 Å². The lowest BCUT2D eigenvalue weighted by Crippen LogP contribution is -2.01. The monoisotopic (exact) mass is 366 g/mol. The van der Waals surface area contributed by atoms with Gasteiger partial charge < -0.3 is 15.0 Å². The molecule has 2 N–H and O–H groups in total. The van der Waals surface area contributed by atoms with Crippen molar-refractivity contribution >= 4 is 27.6 Å². The Morgan fingerprint density at radius 2 is 1.75 bits per heavy atom. The highest BCUT2D eigenvalue weighted by Gasteiger charge is 2.06. The Bertz CT molecular complexity index is 1250. The van der Waals surface area contributed by atoms with Crippen molar-refractivity contribution in [2.45, 2.75) is 6.54 Å². The first-order valence-electron chi connectivity index (χ1n) is 9.12. The summed E-state index contributed by atoms with van der Waals surface area (Å²) in [6.07, 6.45) is 5.30. The van der Waals surface area contributed by atoms with Crippen molar-refractivity contribution in [3.8, 4) is 11.5 Å². The van der Waals surface area contributed by atoms with Crippen LogP contribution in [0.5, 0.6) is 11.5 Å². The Labute approximate surface area is 162 Å². The minimum atomic E-state index is 0.658. The normalized spacial score (nSPS) is 11.0. The van der Waals surface area contributed by atoms with Gasteiger partial charge in [-0.05, 0) is 42.0 Å². The summed E-state index contributed by atoms with van der Waals surface area (Å²) >= 11 is 0. The van der Waals surface area contributed by atoms with Crippen LogP contribution in [0.25, 0.3) is 21.8 Å². The zero-order chi connectivity index (χ0) is 18.8. The lowest BCUT2D eigenvalue weighted by atomic mass is 10.2. The number of nitrogens with zero attached hydrogens (tertiary/aromatic N) is 2. The van der Waals surface area contributed by atoms with Crippen molar-refractivity contribution in [1.29, 1.82) is 0 Å². The van der Waals surface area contributed by atoms with Gasteiger partial charge in [0.05, 0.1) is 17.9 Å². The van der Waals surface area contributed by atoms with Gasteiger partial charge in [-0.1, -0.05) is 30.3 Å². The summed E-state index contributed by atoms with van der Waals surface area (Å²) in [5, 5.41) is 5.78. The molecule has 0 aliphatic heterocycles. The van der Waals surface area contributed by atoms with Crippen molar-refractivity contribution in [2.75, 3.05) is 5.32 Å². The van der Waals surface area contributed by atoms with Crippen LogP contribution < -0.4 is 10.1 Å². The average Bonchev–Trinajstić information content (AvgIpc) is 3.11. The molecule has 0 radical (unpaired) electrons. The number of aromatic amines is 1. The minimum absolute atomic E-state index is 0.658. The van der Waals surface area contributed by atoms with Gasteiger partial charge in [0.2, 0.25) is 0 Å². The fourth-order valence-corrected chi connectivity index (χ4v) is 3.30. The van der Waals surface area contributed by atoms with Crippen LogP contribution in [-0.2, 0) is 6.54 Å². The smallest absolute Gasteiger partial charge is 0.145 e. The maximum Gasteiger partial charge on any atom is 0.145 e. The molecule has 0 atom stereocenters. The lowest BCUT2D eigenvalue weighted by Gasteiger charge is -2.09. The van der Waals surface area contributed by atoms with E-state index in [4.69, 9.17) is 4.74 Å². The van der Waals surface area contributed by atoms with Gasteiger partial charge in [-0.25, -0.2) is 4.98 Å². The van der Waals surface area contributed by atoms with Gasteiger partial charge in [0.15, 0.2) is 0 Å². The maximum absolute atomic E-state index is 5.86. The van der Waals surface area contributed by atoms with Gasteiger partial charge >= 0.3 is 0 Å². The van der Waals surface area contributed by atoms with Crippen molar-refractivity contribution in [3.63, 3.8) is 0 Å². The highest BCUT2D eigenvalue weighted by atomic mass is 16.5. The number of nitrogens with one attached hydrogen (secondary N) is 2. The number of rotatable bonds is 5. The minimum Gasteiger partial charge on any atom is -0.456 e. The molecular formula is C23H18N4O. The van der Waals surface area contributed by atoms with E-state index in [9.17, 15) is 0 Å². The van der Waals surface area contributed by atoms with Gasteiger partial charge in [-0.15, -0.1) is 0 Å². The molecule has 3 heterocycles. The third-order valence-corrected chi connectivity index (χ3v) is 4.63. The number of pyridine rings is 2. The fraction of sp³-hybridized carbons (Fsp3) is 0.0435. The Kier molecular flexibility index (Phi) is 4.10. The van der Waals surface area contributed by atoms with Gasteiger partial charge in [-0.3, -0.25) is 4.98 Å². The maximum atomic E-state index is 5.86. The fourth-order valence-electron chi connectivity index (χ4n) is 3.30. The van der Waals surface area contributed by atoms with E-state index in [1.807, 2.05) is 42.6 Å². The Morgan fingerprint density at radius 3 is 2.68 bits per heavy atom. The highest BCUT2D eigenvalue weighted by molar-refractivity contribution is 6.07. The second kappa shape index (κ2) is 7.04. The van der Waals surface area contributed by atoms with Crippen molar-refractivity contribution in [3.05, 3.63) is 90.9 Å². The molecule has 28 heavy (non-hydrogen) atoms. The van der Waals surface area contributed by atoms with E-state index in [2.05, 4.69) is 50.6 Å². The molecule has 5 aromatic rings. The second-order valence-corrected chi connectivity index (χ2v) is 6.58. The highest BCUT2D eigenvalue weighted by Crippen LogP contribution is 2.27. The average molecular weight is 366 g/mol. The Hall–Kier alpha value is -3.86. The number of hydrogen-bond acceptors (Lipinski definition) is 4. The van der Waals surface area contributed by atoms with Crippen molar-refractivity contribution in [1.82, 2.24) is 15.0 Å². The molecule has 0 spiro atoms. The molecular weight excluding hydrogens is 348 g/mol. The molecule has 0 saturated heterocycles. The molecule has 5 nitrogen and oxygen atoms in total. The number of benzene rings is 2. The summed E-state index contributed by atoms with van der Waals surface area (Å²) in [6.45, 7) is 0.658. The molecule has 5 rings (SSSR count). The molecule has 0 fully saturated rings. The van der Waals surface area contributed by atoms with Crippen LogP contribution in [0.4, 0.5) is 5.82 Å². The molecule has 2 aromatic carbocycles. The predicted molar refractivity (Wildman–Crippen MR) is 112 cm³/mol. The van der Waals surface area contributed by atoms with Crippen LogP contribution in [0.3, 0.4) is 0 Å². The number of aromatic nitrogens is 3. The Balaban J connectivity index is 1.34. The summed E-state index contributed by atoms with van der Waals surface area (Å²) in [4.78, 5) is 12.0. The number of H-pyrrole nitrogens is 1. The van der Waals surface area contributed by atoms with Crippen LogP contribution in [0.15, 0.2) is 85.3 Å². The van der Waals surface area contributed by atoms with E-state index in [1.165, 1.54) is 10.8 Å². The first-order chi connectivity index (χ1) is 13.8. The van der Waals surface area contributed by atoms with E-state index in [1.54, 1.807) is 12.4 Å². The first kappa shape index (κ1) is 16.3. The molecule has 0 aliphatic rings. The van der Waals surface area contributed by atoms with Crippen molar-refractivity contribution in [2.24, 2.45) is 0 Å². The van der Waals surface area contributed by atoms with Crippen LogP contribution in [0, 0.1) is 0 Å². The van der Waals surface area contributed by atoms with Crippen LogP contribution >= 0.6 is 0 Å². The number of fused-ring (bicyclic) bond motifs is 3. The number of hydrogen-bond donors (Lipinski definition) is 2. The van der Waals surface area contributed by atoms with Crippen LogP contribution in [0.2, 0.25) is 0 Å². The van der Waals surface area contributed by atoms with Gasteiger partial charge in [0.25, 0.3) is 0 Å². The Morgan fingerprint density at radius 1 is 0.821 bits per heavy atom. The van der Waals surface area contributed by atoms with E-state index >= 15 is 0 Å². The standard InChI is InChI=1S/C23H18N4O/c1-2-9-21-19(8-1)20-12-23(26-15-22(20)27-21)25-13-16-5-3-6-17(11-16)28-18-7-4-10-24-14-18/h1-12,14-15,27H,13H2,(H,25,26). The zero-order valence-electron chi connectivity index (χ0n) is 15.1. The third-order valence-electron chi connectivity index (χ3n) is 4.63.